The second kappa shape index (κ2) is 10.3. The van der Waals surface area contributed by atoms with Crippen LogP contribution in [0.4, 0.5) is 0 Å². The minimum absolute atomic E-state index is 0.233. The van der Waals surface area contributed by atoms with Gasteiger partial charge in [0.1, 0.15) is 0 Å². The van der Waals surface area contributed by atoms with Gasteiger partial charge in [-0.3, -0.25) is 4.79 Å². The van der Waals surface area contributed by atoms with Crippen LogP contribution in [-0.2, 0) is 9.59 Å². The molecule has 0 aliphatic carbocycles. The number of carboxylic acid groups (broad SMARTS) is 2. The maximum atomic E-state index is 10.7. The maximum Gasteiger partial charge on any atom is 0.358 e. The maximum absolute atomic E-state index is 10.7. The van der Waals surface area contributed by atoms with Crippen LogP contribution < -0.4 is 0 Å². The molecule has 0 bridgehead atoms. The van der Waals surface area contributed by atoms with E-state index >= 15 is 0 Å². The van der Waals surface area contributed by atoms with E-state index in [1.807, 2.05) is 6.92 Å². The van der Waals surface area contributed by atoms with E-state index in [9.17, 15) is 9.59 Å². The lowest BCUT2D eigenvalue weighted by Crippen LogP contribution is -2.32. The van der Waals surface area contributed by atoms with Crippen molar-refractivity contribution in [1.82, 2.24) is 0 Å². The molecule has 0 heterocycles. The fourth-order valence-electron chi connectivity index (χ4n) is 0.943. The van der Waals surface area contributed by atoms with Crippen LogP contribution in [0.2, 0.25) is 0 Å². The van der Waals surface area contributed by atoms with E-state index in [1.54, 1.807) is 6.92 Å². The Bertz CT molecular complexity index is 303. The molecule has 0 aromatic carbocycles. The fraction of sp³-hybridized carbons (Fsp3) is 0.800. The van der Waals surface area contributed by atoms with Crippen molar-refractivity contribution in [2.75, 3.05) is 14.1 Å². The SMILES string of the molecule is CCC(N=NC)(N=NC)C(=O)O.CCCC(=O)O. The minimum Gasteiger partial charge on any atom is -0.481 e. The van der Waals surface area contributed by atoms with Gasteiger partial charge in [-0.25, -0.2) is 4.79 Å². The van der Waals surface area contributed by atoms with Crippen molar-refractivity contribution >= 4 is 11.9 Å². The van der Waals surface area contributed by atoms with Crippen molar-refractivity contribution < 1.29 is 19.8 Å². The molecule has 8 nitrogen and oxygen atoms in total. The highest BCUT2D eigenvalue weighted by atomic mass is 16.4. The minimum atomic E-state index is -1.52. The first kappa shape index (κ1) is 18.5. The molecule has 0 rings (SSSR count). The fourth-order valence-corrected chi connectivity index (χ4v) is 0.943. The Hall–Kier alpha value is -1.86. The molecule has 0 fully saturated rings. The first-order valence-electron chi connectivity index (χ1n) is 5.47. The molecule has 0 amide bonds. The predicted octanol–water partition coefficient (Wildman–Crippen LogP) is 2.21. The van der Waals surface area contributed by atoms with E-state index < -0.39 is 17.6 Å². The molecule has 18 heavy (non-hydrogen) atoms. The molecule has 104 valence electrons. The summed E-state index contributed by atoms with van der Waals surface area (Å²) in [5, 5.41) is 30.6. The summed E-state index contributed by atoms with van der Waals surface area (Å²) < 4.78 is 0. The molecule has 0 spiro atoms. The topological polar surface area (TPSA) is 124 Å². The summed E-state index contributed by atoms with van der Waals surface area (Å²) in [6.45, 7) is 3.51. The average molecular weight is 260 g/mol. The first-order valence-corrected chi connectivity index (χ1v) is 5.47. The second-order valence-corrected chi connectivity index (χ2v) is 3.22. The van der Waals surface area contributed by atoms with Crippen molar-refractivity contribution in [3.63, 3.8) is 0 Å². The van der Waals surface area contributed by atoms with Gasteiger partial charge in [0.05, 0.1) is 0 Å². The molecule has 0 atom stereocenters. The highest BCUT2D eigenvalue weighted by Crippen LogP contribution is 2.18. The molecule has 0 aliphatic heterocycles. The number of carboxylic acids is 2. The van der Waals surface area contributed by atoms with Crippen molar-refractivity contribution in [3.8, 4) is 0 Å². The van der Waals surface area contributed by atoms with E-state index in [-0.39, 0.29) is 6.42 Å². The molecule has 0 unspecified atom stereocenters. The molecule has 0 aromatic rings. The van der Waals surface area contributed by atoms with Crippen LogP contribution in [0.1, 0.15) is 33.1 Å². The molecule has 0 saturated heterocycles. The van der Waals surface area contributed by atoms with Crippen molar-refractivity contribution in [1.29, 1.82) is 0 Å². The van der Waals surface area contributed by atoms with Gasteiger partial charge >= 0.3 is 11.9 Å². The molecule has 0 radical (unpaired) electrons. The van der Waals surface area contributed by atoms with Gasteiger partial charge in [0.15, 0.2) is 0 Å². The standard InChI is InChI=1S/C6H12N4O2.C4H8O2/c1-4-6(5(11)12,9-7-2)10-8-3;1-2-3-4(5)6/h4H2,1-3H3,(H,11,12);2-3H2,1H3,(H,5,6). The van der Waals surface area contributed by atoms with Crippen LogP contribution in [0.25, 0.3) is 0 Å². The Morgan fingerprint density at radius 1 is 1.06 bits per heavy atom. The molecule has 8 heteroatoms. The van der Waals surface area contributed by atoms with E-state index in [0.29, 0.717) is 6.42 Å². The average Bonchev–Trinajstić information content (AvgIpc) is 2.29. The van der Waals surface area contributed by atoms with Gasteiger partial charge in [0.25, 0.3) is 5.66 Å². The summed E-state index contributed by atoms with van der Waals surface area (Å²) in [6, 6.07) is 0. The summed E-state index contributed by atoms with van der Waals surface area (Å²) >= 11 is 0. The molecule has 2 N–H and O–H groups in total. The normalized spacial score (nSPS) is 14.0. The van der Waals surface area contributed by atoms with Crippen LogP contribution in [0, 0.1) is 0 Å². The van der Waals surface area contributed by atoms with Crippen LogP contribution >= 0.6 is 0 Å². The zero-order valence-corrected chi connectivity index (χ0v) is 11.1. The largest absolute Gasteiger partial charge is 0.481 e. The van der Waals surface area contributed by atoms with Gasteiger partial charge in [0.2, 0.25) is 0 Å². The van der Waals surface area contributed by atoms with Crippen molar-refractivity contribution in [2.45, 2.75) is 38.8 Å². The Labute approximate surface area is 106 Å². The highest BCUT2D eigenvalue weighted by Gasteiger charge is 2.37. The predicted molar refractivity (Wildman–Crippen MR) is 64.8 cm³/mol. The Kier molecular flexibility index (Phi) is 10.6. The monoisotopic (exact) mass is 260 g/mol. The summed E-state index contributed by atoms with van der Waals surface area (Å²) in [5.74, 6) is -1.85. The van der Waals surface area contributed by atoms with Crippen LogP contribution in [-0.4, -0.2) is 41.9 Å². The zero-order valence-electron chi connectivity index (χ0n) is 11.1. The van der Waals surface area contributed by atoms with Gasteiger partial charge < -0.3 is 10.2 Å². The zero-order chi connectivity index (χ0) is 14.6. The summed E-state index contributed by atoms with van der Waals surface area (Å²) in [5.41, 5.74) is -1.52. The molecular weight excluding hydrogens is 240 g/mol. The number of azo groups is 2. The van der Waals surface area contributed by atoms with Gasteiger partial charge in [-0.15, -0.1) is 10.2 Å². The van der Waals surface area contributed by atoms with Crippen molar-refractivity contribution in [3.05, 3.63) is 0 Å². The van der Waals surface area contributed by atoms with Gasteiger partial charge in [-0.2, -0.15) is 10.2 Å². The first-order chi connectivity index (χ1) is 8.40. The molecule has 0 aromatic heterocycles. The molecular formula is C10H20N4O4. The van der Waals surface area contributed by atoms with E-state index in [0.717, 1.165) is 6.42 Å². The highest BCUT2D eigenvalue weighted by molar-refractivity contribution is 5.78. The van der Waals surface area contributed by atoms with Crippen LogP contribution in [0.3, 0.4) is 0 Å². The van der Waals surface area contributed by atoms with Gasteiger partial charge in [-0.1, -0.05) is 13.8 Å². The third kappa shape index (κ3) is 7.42. The van der Waals surface area contributed by atoms with E-state index in [2.05, 4.69) is 20.5 Å². The van der Waals surface area contributed by atoms with Crippen LogP contribution in [0.5, 0.6) is 0 Å². The van der Waals surface area contributed by atoms with E-state index in [1.165, 1.54) is 14.1 Å². The van der Waals surface area contributed by atoms with Crippen molar-refractivity contribution in [2.24, 2.45) is 20.5 Å². The Morgan fingerprint density at radius 3 is 1.61 bits per heavy atom. The smallest absolute Gasteiger partial charge is 0.358 e. The Morgan fingerprint density at radius 2 is 1.50 bits per heavy atom. The summed E-state index contributed by atoms with van der Waals surface area (Å²) in [7, 11) is 2.80. The quantitative estimate of drug-likeness (QED) is 0.710. The second-order valence-electron chi connectivity index (χ2n) is 3.22. The number of hydrogen-bond acceptors (Lipinski definition) is 6. The Balaban J connectivity index is 0. The number of rotatable bonds is 6. The van der Waals surface area contributed by atoms with E-state index in [4.69, 9.17) is 10.2 Å². The summed E-state index contributed by atoms with van der Waals surface area (Å²) in [4.78, 5) is 20.3. The van der Waals surface area contributed by atoms with Gasteiger partial charge in [-0.05, 0) is 6.42 Å². The lowest BCUT2D eigenvalue weighted by Gasteiger charge is -2.14. The third-order valence-corrected chi connectivity index (χ3v) is 1.83. The third-order valence-electron chi connectivity index (χ3n) is 1.83. The molecule has 0 saturated carbocycles. The molecule has 0 aliphatic rings. The van der Waals surface area contributed by atoms with Gasteiger partial charge in [0, 0.05) is 26.9 Å². The number of hydrogen-bond donors (Lipinski definition) is 2. The lowest BCUT2D eigenvalue weighted by atomic mass is 10.1. The summed E-state index contributed by atoms with van der Waals surface area (Å²) in [6.07, 6.45) is 1.26. The number of aliphatic carboxylic acids is 2. The lowest BCUT2D eigenvalue weighted by molar-refractivity contribution is -0.143. The number of carbonyl (C=O) groups is 2. The van der Waals surface area contributed by atoms with Crippen LogP contribution in [0.15, 0.2) is 20.5 Å². The number of nitrogens with zero attached hydrogens (tertiary/aromatic N) is 4.